The van der Waals surface area contributed by atoms with Crippen molar-refractivity contribution in [1.29, 1.82) is 0 Å². The number of benzene rings is 1. The third-order valence-electron chi connectivity index (χ3n) is 3.57. The Morgan fingerprint density at radius 3 is 2.35 bits per heavy atom. The highest BCUT2D eigenvalue weighted by Crippen LogP contribution is 2.28. The first-order valence-corrected chi connectivity index (χ1v) is 7.53. The van der Waals surface area contributed by atoms with Gasteiger partial charge in [0.25, 0.3) is 0 Å². The van der Waals surface area contributed by atoms with E-state index in [1.165, 1.54) is 17.4 Å². The molecule has 0 aliphatic heterocycles. The minimum Gasteiger partial charge on any atom is -0.507 e. The van der Waals surface area contributed by atoms with Gasteiger partial charge in [-0.25, -0.2) is 13.2 Å². The summed E-state index contributed by atoms with van der Waals surface area (Å²) < 4.78 is 26.2. The molecule has 0 amide bonds. The summed E-state index contributed by atoms with van der Waals surface area (Å²) in [5.41, 5.74) is -1.03. The van der Waals surface area contributed by atoms with Crippen molar-refractivity contribution in [3.8, 4) is 5.75 Å². The Bertz CT molecular complexity index is 622. The number of aromatic hydroxyl groups is 1. The van der Waals surface area contributed by atoms with Crippen LogP contribution >= 0.6 is 0 Å². The zero-order valence-corrected chi connectivity index (χ0v) is 12.7. The highest BCUT2D eigenvalue weighted by molar-refractivity contribution is 7.89. The van der Waals surface area contributed by atoms with Crippen LogP contribution in [0.3, 0.4) is 0 Å². The van der Waals surface area contributed by atoms with Gasteiger partial charge in [0, 0.05) is 12.6 Å². The van der Waals surface area contributed by atoms with E-state index in [0.29, 0.717) is 6.42 Å². The monoisotopic (exact) mass is 301 g/mol. The van der Waals surface area contributed by atoms with Crippen molar-refractivity contribution in [1.82, 2.24) is 4.31 Å². The van der Waals surface area contributed by atoms with Gasteiger partial charge in [-0.3, -0.25) is 0 Å². The van der Waals surface area contributed by atoms with E-state index in [4.69, 9.17) is 5.11 Å². The molecule has 0 atom stereocenters. The molecule has 0 spiro atoms. The van der Waals surface area contributed by atoms with Crippen LogP contribution < -0.4 is 0 Å². The minimum absolute atomic E-state index is 0.156. The molecule has 1 aromatic rings. The zero-order chi connectivity index (χ0) is 15.7. The second-order valence-electron chi connectivity index (χ2n) is 5.12. The first-order valence-electron chi connectivity index (χ1n) is 6.09. The number of phenols is 1. The lowest BCUT2D eigenvalue weighted by molar-refractivity contribution is 0.0693. The number of hydrogen-bond acceptors (Lipinski definition) is 4. The van der Waals surface area contributed by atoms with Crippen molar-refractivity contribution in [2.45, 2.75) is 37.6 Å². The fourth-order valence-electron chi connectivity index (χ4n) is 1.55. The molecule has 7 heteroatoms. The molecule has 6 nitrogen and oxygen atoms in total. The molecule has 0 fully saturated rings. The average Bonchev–Trinajstić information content (AvgIpc) is 2.37. The van der Waals surface area contributed by atoms with Crippen molar-refractivity contribution >= 4 is 16.0 Å². The van der Waals surface area contributed by atoms with E-state index in [1.54, 1.807) is 13.8 Å². The fraction of sp³-hybridized carbons (Fsp3) is 0.462. The van der Waals surface area contributed by atoms with Gasteiger partial charge in [-0.05, 0) is 38.5 Å². The van der Waals surface area contributed by atoms with Gasteiger partial charge in [-0.2, -0.15) is 4.31 Å². The Kier molecular flexibility index (Phi) is 4.45. The molecule has 0 radical (unpaired) electrons. The van der Waals surface area contributed by atoms with E-state index >= 15 is 0 Å². The first kappa shape index (κ1) is 16.5. The highest BCUT2D eigenvalue weighted by Gasteiger charge is 2.33. The number of carbonyl (C=O) groups is 1. The molecule has 1 rings (SSSR count). The Morgan fingerprint density at radius 2 is 1.90 bits per heavy atom. The molecule has 20 heavy (non-hydrogen) atoms. The van der Waals surface area contributed by atoms with Crippen LogP contribution in [0.25, 0.3) is 0 Å². The van der Waals surface area contributed by atoms with Crippen LogP contribution in [0.4, 0.5) is 0 Å². The van der Waals surface area contributed by atoms with E-state index in [1.807, 2.05) is 6.92 Å². The van der Waals surface area contributed by atoms with E-state index in [9.17, 15) is 18.3 Å². The number of hydrogen-bond donors (Lipinski definition) is 2. The molecule has 0 saturated carbocycles. The van der Waals surface area contributed by atoms with Crippen LogP contribution in [0.5, 0.6) is 5.75 Å². The summed E-state index contributed by atoms with van der Waals surface area (Å²) in [6.45, 7) is 5.43. The van der Waals surface area contributed by atoms with Gasteiger partial charge in [0.05, 0.1) is 4.90 Å². The van der Waals surface area contributed by atoms with Gasteiger partial charge in [0.15, 0.2) is 0 Å². The average molecular weight is 301 g/mol. The molecule has 112 valence electrons. The van der Waals surface area contributed by atoms with E-state index in [-0.39, 0.29) is 4.90 Å². The number of aromatic carboxylic acids is 1. The number of sulfonamides is 1. The lowest BCUT2D eigenvalue weighted by Gasteiger charge is -2.33. The van der Waals surface area contributed by atoms with Crippen molar-refractivity contribution in [3.63, 3.8) is 0 Å². The molecular formula is C13H19NO5S. The van der Waals surface area contributed by atoms with Crippen LogP contribution in [0.2, 0.25) is 0 Å². The van der Waals surface area contributed by atoms with Crippen LogP contribution in [0, 0.1) is 0 Å². The van der Waals surface area contributed by atoms with Gasteiger partial charge in [-0.15, -0.1) is 0 Å². The SMILES string of the molecule is CCC(C)(C)N(C)S(=O)(=O)c1ccc(O)c(C(=O)O)c1. The smallest absolute Gasteiger partial charge is 0.339 e. The van der Waals surface area contributed by atoms with Gasteiger partial charge < -0.3 is 10.2 Å². The Labute approximate surface area is 118 Å². The molecule has 0 aliphatic rings. The third-order valence-corrected chi connectivity index (χ3v) is 5.64. The maximum absolute atomic E-state index is 12.5. The normalized spacial score (nSPS) is 12.7. The summed E-state index contributed by atoms with van der Waals surface area (Å²) in [6, 6.07) is 3.23. The molecule has 0 unspecified atom stereocenters. The fourth-order valence-corrected chi connectivity index (χ4v) is 3.16. The molecule has 0 saturated heterocycles. The van der Waals surface area contributed by atoms with Gasteiger partial charge in [0.2, 0.25) is 10.0 Å². The molecule has 0 aromatic heterocycles. The van der Waals surface area contributed by atoms with Crippen LogP contribution in [-0.4, -0.2) is 41.5 Å². The number of rotatable bonds is 5. The Hall–Kier alpha value is -1.60. The summed E-state index contributed by atoms with van der Waals surface area (Å²) in [7, 11) is -2.37. The molecule has 0 aliphatic carbocycles. The molecule has 0 bridgehead atoms. The number of carboxylic acids is 1. The number of carboxylic acid groups (broad SMARTS) is 1. The van der Waals surface area contributed by atoms with Crippen molar-refractivity contribution in [2.75, 3.05) is 7.05 Å². The summed E-state index contributed by atoms with van der Waals surface area (Å²) in [4.78, 5) is 10.8. The largest absolute Gasteiger partial charge is 0.507 e. The maximum Gasteiger partial charge on any atom is 0.339 e. The molecule has 1 aromatic carbocycles. The van der Waals surface area contributed by atoms with Gasteiger partial charge in [0.1, 0.15) is 11.3 Å². The Morgan fingerprint density at radius 1 is 1.35 bits per heavy atom. The summed E-state index contributed by atoms with van der Waals surface area (Å²) in [5.74, 6) is -1.84. The van der Waals surface area contributed by atoms with Gasteiger partial charge in [-0.1, -0.05) is 6.92 Å². The van der Waals surface area contributed by atoms with E-state index in [0.717, 1.165) is 12.1 Å². The third kappa shape index (κ3) is 2.94. The van der Waals surface area contributed by atoms with Crippen molar-refractivity contribution < 1.29 is 23.4 Å². The highest BCUT2D eigenvalue weighted by atomic mass is 32.2. The van der Waals surface area contributed by atoms with Crippen molar-refractivity contribution in [2.24, 2.45) is 0 Å². The topological polar surface area (TPSA) is 94.9 Å². The quantitative estimate of drug-likeness (QED) is 0.866. The zero-order valence-electron chi connectivity index (χ0n) is 11.9. The standard InChI is InChI=1S/C13H19NO5S/c1-5-13(2,3)14(4)20(18,19)9-6-7-11(15)10(8-9)12(16)17/h6-8,15H,5H2,1-4H3,(H,16,17). The first-order chi connectivity index (χ1) is 9.04. The van der Waals surface area contributed by atoms with Crippen molar-refractivity contribution in [3.05, 3.63) is 23.8 Å². The molecular weight excluding hydrogens is 282 g/mol. The van der Waals surface area contributed by atoms with Crippen LogP contribution in [0.1, 0.15) is 37.6 Å². The molecule has 2 N–H and O–H groups in total. The Balaban J connectivity index is 3.37. The van der Waals surface area contributed by atoms with Gasteiger partial charge >= 0.3 is 5.97 Å². The lowest BCUT2D eigenvalue weighted by atomic mass is 10.0. The predicted molar refractivity (Wildman–Crippen MR) is 74.4 cm³/mol. The maximum atomic E-state index is 12.5. The second kappa shape index (κ2) is 5.41. The van der Waals surface area contributed by atoms with Crippen LogP contribution in [0.15, 0.2) is 23.1 Å². The summed E-state index contributed by atoms with van der Waals surface area (Å²) in [5, 5.41) is 18.4. The van der Waals surface area contributed by atoms with E-state index in [2.05, 4.69) is 0 Å². The van der Waals surface area contributed by atoms with E-state index < -0.39 is 32.8 Å². The lowest BCUT2D eigenvalue weighted by Crippen LogP contribution is -2.44. The molecule has 0 heterocycles. The summed E-state index contributed by atoms with van der Waals surface area (Å²) in [6.07, 6.45) is 0.604. The van der Waals surface area contributed by atoms with Crippen LogP contribution in [-0.2, 0) is 10.0 Å². The predicted octanol–water partition coefficient (Wildman–Crippen LogP) is 1.90. The second-order valence-corrected chi connectivity index (χ2v) is 7.09. The minimum atomic E-state index is -3.82. The number of nitrogens with zero attached hydrogens (tertiary/aromatic N) is 1. The summed E-state index contributed by atoms with van der Waals surface area (Å²) >= 11 is 0.